The van der Waals surface area contributed by atoms with Gasteiger partial charge in [0.1, 0.15) is 6.10 Å². The van der Waals surface area contributed by atoms with Gasteiger partial charge in [-0.3, -0.25) is 9.88 Å². The normalized spacial score (nSPS) is 45.9. The predicted molar refractivity (Wildman–Crippen MR) is 146 cm³/mol. The van der Waals surface area contributed by atoms with E-state index in [4.69, 9.17) is 10.5 Å². The zero-order valence-electron chi connectivity index (χ0n) is 22.2. The van der Waals surface area contributed by atoms with Gasteiger partial charge in [0.05, 0.1) is 17.3 Å². The Morgan fingerprint density at radius 1 is 1.11 bits per heavy atom. The van der Waals surface area contributed by atoms with E-state index >= 15 is 0 Å². The number of aromatic nitrogens is 1. The number of nitrogens with two attached hydrogens (primary N) is 1. The van der Waals surface area contributed by atoms with Crippen molar-refractivity contribution >= 4 is 10.8 Å². The molecule has 2 spiro atoms. The third-order valence-corrected chi connectivity index (χ3v) is 11.6. The van der Waals surface area contributed by atoms with Crippen LogP contribution in [0.5, 0.6) is 0 Å². The number of aliphatic hydroxyl groups excluding tert-OH is 2. The fraction of sp³-hybridized carbons (Fsp3) is 0.594. The van der Waals surface area contributed by atoms with Crippen molar-refractivity contribution in [3.05, 3.63) is 65.5 Å². The lowest BCUT2D eigenvalue weighted by atomic mass is 9.58. The third-order valence-electron chi connectivity index (χ3n) is 11.6. The summed E-state index contributed by atoms with van der Waals surface area (Å²) in [7, 11) is 0. The molecular weight excluding hydrogens is 474 g/mol. The molecule has 4 heterocycles. The number of hydrogen-bond donors (Lipinski definition) is 3. The molecule has 4 N–H and O–H groups in total. The first-order valence-corrected chi connectivity index (χ1v) is 14.7. The smallest absolute Gasteiger partial charge is 0.105 e. The minimum Gasteiger partial charge on any atom is -0.388 e. The van der Waals surface area contributed by atoms with Crippen LogP contribution in [-0.4, -0.2) is 68.7 Å². The van der Waals surface area contributed by atoms with E-state index in [0.29, 0.717) is 11.8 Å². The fourth-order valence-corrected chi connectivity index (χ4v) is 9.76. The first kappa shape index (κ1) is 23.8. The highest BCUT2D eigenvalue weighted by molar-refractivity contribution is 5.82. The van der Waals surface area contributed by atoms with Gasteiger partial charge in [-0.2, -0.15) is 0 Å². The van der Waals surface area contributed by atoms with Crippen molar-refractivity contribution in [2.75, 3.05) is 13.1 Å². The van der Waals surface area contributed by atoms with Crippen LogP contribution in [0.25, 0.3) is 10.8 Å². The van der Waals surface area contributed by atoms with Gasteiger partial charge in [-0.25, -0.2) is 0 Å². The molecule has 2 saturated carbocycles. The summed E-state index contributed by atoms with van der Waals surface area (Å²) in [6, 6.07) is 9.06. The molecule has 200 valence electrons. The first-order valence-electron chi connectivity index (χ1n) is 14.7. The van der Waals surface area contributed by atoms with Crippen molar-refractivity contribution in [3.8, 4) is 0 Å². The number of hydrogen-bond acceptors (Lipinski definition) is 6. The Hall–Kier alpha value is -2.09. The number of likely N-dealkylation sites (tertiary alicyclic amines) is 1. The predicted octanol–water partition coefficient (Wildman–Crippen LogP) is 3.82. The number of aliphatic hydroxyl groups is 2. The Morgan fingerprint density at radius 3 is 2.84 bits per heavy atom. The Labute approximate surface area is 224 Å². The number of allylic oxidation sites excluding steroid dienone is 1. The average Bonchev–Trinajstić information content (AvgIpc) is 3.60. The molecule has 3 aliphatic carbocycles. The van der Waals surface area contributed by atoms with Crippen LogP contribution in [0.1, 0.15) is 63.4 Å². The second kappa shape index (κ2) is 7.98. The number of rotatable bonds is 2. The van der Waals surface area contributed by atoms with Crippen LogP contribution in [0.3, 0.4) is 0 Å². The molecule has 8 rings (SSSR count). The number of fused-ring (bicyclic) bond motifs is 2. The summed E-state index contributed by atoms with van der Waals surface area (Å²) in [6.07, 6.45) is 13.7. The molecule has 2 aromatic rings. The molecule has 6 aliphatic rings. The molecule has 0 amide bonds. The zero-order valence-corrected chi connectivity index (χ0v) is 22.2. The largest absolute Gasteiger partial charge is 0.388 e. The van der Waals surface area contributed by atoms with E-state index in [9.17, 15) is 10.2 Å². The van der Waals surface area contributed by atoms with Gasteiger partial charge in [-0.15, -0.1) is 0 Å². The average molecular weight is 514 g/mol. The zero-order chi connectivity index (χ0) is 25.9. The topological polar surface area (TPSA) is 91.8 Å². The van der Waals surface area contributed by atoms with E-state index in [1.54, 1.807) is 0 Å². The molecule has 4 fully saturated rings. The van der Waals surface area contributed by atoms with Crippen LogP contribution >= 0.6 is 0 Å². The van der Waals surface area contributed by atoms with Crippen molar-refractivity contribution in [2.24, 2.45) is 17.1 Å². The van der Waals surface area contributed by atoms with Crippen molar-refractivity contribution in [1.29, 1.82) is 0 Å². The highest BCUT2D eigenvalue weighted by atomic mass is 16.5. The van der Waals surface area contributed by atoms with Gasteiger partial charge in [0.25, 0.3) is 0 Å². The Bertz CT molecular complexity index is 1370. The number of nitrogens with zero attached hydrogens (tertiary/aromatic N) is 2. The summed E-state index contributed by atoms with van der Waals surface area (Å²) in [4.78, 5) is 6.67. The Morgan fingerprint density at radius 2 is 2.00 bits per heavy atom. The Kier molecular flexibility index (Phi) is 4.99. The highest BCUT2D eigenvalue weighted by Crippen LogP contribution is 2.69. The molecule has 1 aromatic heterocycles. The van der Waals surface area contributed by atoms with Gasteiger partial charge in [-0.05, 0) is 96.4 Å². The SMILES string of the molecule is C[C@]12CC=C3C=C4[C@H](O)[C@@H](O)[C@@H](N5CC[C@@H](N)C5)C[C@]45CCC3(O5)[C@@H]1CC[C@@H]2c1ccc2ccncc2c1. The molecule has 1 aromatic carbocycles. The lowest BCUT2D eigenvalue weighted by Crippen LogP contribution is -2.62. The maximum atomic E-state index is 11.4. The number of benzene rings is 1. The molecule has 1 unspecified atom stereocenters. The molecule has 2 bridgehead atoms. The van der Waals surface area contributed by atoms with Crippen LogP contribution < -0.4 is 5.73 Å². The van der Waals surface area contributed by atoms with Gasteiger partial charge >= 0.3 is 0 Å². The van der Waals surface area contributed by atoms with E-state index in [1.807, 2.05) is 12.4 Å². The molecule has 6 nitrogen and oxygen atoms in total. The molecule has 2 saturated heterocycles. The summed E-state index contributed by atoms with van der Waals surface area (Å²) in [5.74, 6) is 0.914. The molecular formula is C32H39N3O3. The second-order valence-electron chi connectivity index (χ2n) is 13.4. The quantitative estimate of drug-likeness (QED) is 0.566. The number of ether oxygens (including phenoxy) is 1. The highest BCUT2D eigenvalue weighted by Gasteiger charge is 2.68. The van der Waals surface area contributed by atoms with Crippen molar-refractivity contribution < 1.29 is 14.9 Å². The van der Waals surface area contributed by atoms with Gasteiger partial charge in [0.2, 0.25) is 0 Å². The minimum atomic E-state index is -0.890. The monoisotopic (exact) mass is 513 g/mol. The van der Waals surface area contributed by atoms with Crippen molar-refractivity contribution in [1.82, 2.24) is 9.88 Å². The molecule has 6 heteroatoms. The second-order valence-corrected chi connectivity index (χ2v) is 13.4. The summed E-state index contributed by atoms with van der Waals surface area (Å²) < 4.78 is 7.37. The molecule has 9 atom stereocenters. The molecule has 0 radical (unpaired) electrons. The van der Waals surface area contributed by atoms with E-state index in [0.717, 1.165) is 57.2 Å². The van der Waals surface area contributed by atoms with Crippen molar-refractivity contribution in [2.45, 2.75) is 93.3 Å². The lowest BCUT2D eigenvalue weighted by Gasteiger charge is -2.56. The summed E-state index contributed by atoms with van der Waals surface area (Å²) in [6.45, 7) is 4.15. The van der Waals surface area contributed by atoms with Gasteiger partial charge in [0, 0.05) is 43.0 Å². The van der Waals surface area contributed by atoms with Crippen molar-refractivity contribution in [3.63, 3.8) is 0 Å². The van der Waals surface area contributed by atoms with E-state index in [2.05, 4.69) is 53.2 Å². The standard InChI is InChI=1S/C32H39N3O3/c1-30-9-6-22-15-25-28(36)29(37)26(35-13-8-23(33)18-35)16-31(25)10-11-32(22,38-31)27(30)5-4-24(30)20-3-2-19-7-12-34-17-21(19)14-20/h2-3,6-7,12,14-15,17,23-24,26-29,36-37H,4-5,8-11,13,16,18,33H2,1H3/t23-,24-,26+,27-,28+,29+,30-,31-,32?/m1/s1. The summed E-state index contributed by atoms with van der Waals surface area (Å²) in [5.41, 5.74) is 9.14. The van der Waals surface area contributed by atoms with E-state index < -0.39 is 17.8 Å². The van der Waals surface area contributed by atoms with Gasteiger partial charge in [0.15, 0.2) is 0 Å². The van der Waals surface area contributed by atoms with E-state index in [1.165, 1.54) is 28.3 Å². The van der Waals surface area contributed by atoms with Crippen LogP contribution in [0.4, 0.5) is 0 Å². The third kappa shape index (κ3) is 3.04. The van der Waals surface area contributed by atoms with E-state index in [-0.39, 0.29) is 23.1 Å². The lowest BCUT2D eigenvalue weighted by molar-refractivity contribution is -0.167. The van der Waals surface area contributed by atoms with Gasteiger partial charge in [-0.1, -0.05) is 31.2 Å². The summed E-state index contributed by atoms with van der Waals surface area (Å²) >= 11 is 0. The fourth-order valence-electron chi connectivity index (χ4n) is 9.76. The van der Waals surface area contributed by atoms with Gasteiger partial charge < -0.3 is 20.7 Å². The first-order chi connectivity index (χ1) is 18.3. The maximum absolute atomic E-state index is 11.4. The Balaban J connectivity index is 1.16. The molecule has 3 aliphatic heterocycles. The van der Waals surface area contributed by atoms with Crippen LogP contribution in [0, 0.1) is 11.3 Å². The number of pyridine rings is 1. The van der Waals surface area contributed by atoms with Crippen LogP contribution in [-0.2, 0) is 4.74 Å². The van der Waals surface area contributed by atoms with Crippen LogP contribution in [0.2, 0.25) is 0 Å². The van der Waals surface area contributed by atoms with Crippen LogP contribution in [0.15, 0.2) is 60.0 Å². The molecule has 38 heavy (non-hydrogen) atoms. The minimum absolute atomic E-state index is 0.115. The maximum Gasteiger partial charge on any atom is 0.105 e. The summed E-state index contributed by atoms with van der Waals surface area (Å²) in [5, 5.41) is 25.1.